The molecule has 3 heterocycles. The Morgan fingerprint density at radius 2 is 1.86 bits per heavy atom. The molecule has 2 atom stereocenters. The SMILES string of the molecule is C[C@@]1(c2nc(NC(=O)c3ncc(C(F)(F)F)cc3Cl)ccc2F)C[C@@H](C(F)(F)F)OC(NC(=O)O)=N1. The van der Waals surface area contributed by atoms with E-state index in [4.69, 9.17) is 16.7 Å². The van der Waals surface area contributed by atoms with Gasteiger partial charge in [-0.25, -0.2) is 29.5 Å². The van der Waals surface area contributed by atoms with Crippen LogP contribution in [-0.2, 0) is 16.5 Å². The lowest BCUT2D eigenvalue weighted by molar-refractivity contribution is -0.208. The number of ether oxygens (including phenoxy) is 1. The number of nitrogens with zero attached hydrogens (tertiary/aromatic N) is 3. The van der Waals surface area contributed by atoms with Gasteiger partial charge in [0.1, 0.15) is 28.6 Å². The van der Waals surface area contributed by atoms with Crippen molar-refractivity contribution in [3.63, 3.8) is 0 Å². The topological polar surface area (TPSA) is 126 Å². The lowest BCUT2D eigenvalue weighted by atomic mass is 9.89. The molecule has 3 rings (SSSR count). The first-order valence-corrected chi connectivity index (χ1v) is 9.91. The maximum absolute atomic E-state index is 14.6. The Morgan fingerprint density at radius 1 is 1.19 bits per heavy atom. The molecule has 0 saturated heterocycles. The van der Waals surface area contributed by atoms with Crippen molar-refractivity contribution >= 4 is 35.4 Å². The van der Waals surface area contributed by atoms with Gasteiger partial charge in [-0.15, -0.1) is 0 Å². The monoisotopic (exact) mass is 543 g/mol. The molecule has 17 heteroatoms. The fourth-order valence-corrected chi connectivity index (χ4v) is 3.39. The molecule has 194 valence electrons. The number of aromatic nitrogens is 2. The summed E-state index contributed by atoms with van der Waals surface area (Å²) in [4.78, 5) is 34.2. The highest BCUT2D eigenvalue weighted by atomic mass is 35.5. The molecule has 2 aromatic rings. The fourth-order valence-electron chi connectivity index (χ4n) is 3.14. The third-order valence-electron chi connectivity index (χ3n) is 4.75. The summed E-state index contributed by atoms with van der Waals surface area (Å²) in [7, 11) is 0. The highest BCUT2D eigenvalue weighted by Crippen LogP contribution is 2.40. The van der Waals surface area contributed by atoms with E-state index in [0.717, 1.165) is 19.1 Å². The molecule has 0 aliphatic carbocycles. The van der Waals surface area contributed by atoms with E-state index in [1.54, 1.807) is 0 Å². The van der Waals surface area contributed by atoms with E-state index in [1.807, 2.05) is 0 Å². The normalized spacial score (nSPS) is 20.2. The van der Waals surface area contributed by atoms with E-state index >= 15 is 0 Å². The molecule has 0 aromatic carbocycles. The van der Waals surface area contributed by atoms with Crippen LogP contribution in [0.25, 0.3) is 0 Å². The minimum Gasteiger partial charge on any atom is -0.465 e. The van der Waals surface area contributed by atoms with Gasteiger partial charge in [0.25, 0.3) is 11.9 Å². The molecule has 2 aromatic heterocycles. The standard InChI is InChI=1S/C19H13ClF7N5O4/c1-17(5-10(19(25,26)27)36-15(32-17)31-16(34)35)13-9(21)2-3-11(29-13)30-14(33)12-8(20)4-7(6-28-12)18(22,23)24/h2-4,6,10H,5H2,1H3,(H,31,32)(H,34,35)(H,29,30,33)/t10-,17-/m0/s1. The van der Waals surface area contributed by atoms with Crippen LogP contribution in [0.2, 0.25) is 5.02 Å². The van der Waals surface area contributed by atoms with E-state index < -0.39 is 82.0 Å². The average molecular weight is 544 g/mol. The van der Waals surface area contributed by atoms with Gasteiger partial charge in [-0.2, -0.15) is 26.3 Å². The zero-order valence-corrected chi connectivity index (χ0v) is 18.4. The third-order valence-corrected chi connectivity index (χ3v) is 5.03. The highest BCUT2D eigenvalue weighted by Gasteiger charge is 2.51. The first-order chi connectivity index (χ1) is 16.5. The van der Waals surface area contributed by atoms with Crippen LogP contribution in [0.4, 0.5) is 41.3 Å². The first kappa shape index (κ1) is 26.9. The van der Waals surface area contributed by atoms with Crippen molar-refractivity contribution < 1.29 is 50.2 Å². The summed E-state index contributed by atoms with van der Waals surface area (Å²) in [5, 5.41) is 11.8. The molecule has 0 fully saturated rings. The number of carbonyl (C=O) groups excluding carboxylic acids is 1. The fraction of sp³-hybridized carbons (Fsp3) is 0.316. The van der Waals surface area contributed by atoms with E-state index in [0.29, 0.717) is 12.3 Å². The van der Waals surface area contributed by atoms with E-state index in [-0.39, 0.29) is 0 Å². The quantitative estimate of drug-likeness (QED) is 0.481. The van der Waals surface area contributed by atoms with E-state index in [9.17, 15) is 40.3 Å². The second-order valence-electron chi connectivity index (χ2n) is 7.51. The van der Waals surface area contributed by atoms with Gasteiger partial charge in [0, 0.05) is 12.6 Å². The summed E-state index contributed by atoms with van der Waals surface area (Å²) in [6, 6.07) is 1.05. The summed E-state index contributed by atoms with van der Waals surface area (Å²) >= 11 is 5.72. The number of amidine groups is 1. The van der Waals surface area contributed by atoms with Crippen LogP contribution >= 0.6 is 11.6 Å². The van der Waals surface area contributed by atoms with Crippen LogP contribution in [0.3, 0.4) is 0 Å². The Hall–Kier alpha value is -3.69. The summed E-state index contributed by atoms with van der Waals surface area (Å²) in [5.41, 5.74) is -4.70. The third kappa shape index (κ3) is 5.92. The van der Waals surface area contributed by atoms with Gasteiger partial charge >= 0.3 is 18.4 Å². The number of carboxylic acid groups (broad SMARTS) is 1. The molecule has 0 saturated carbocycles. The van der Waals surface area contributed by atoms with Crippen LogP contribution in [0.15, 0.2) is 29.4 Å². The van der Waals surface area contributed by atoms with Gasteiger partial charge in [-0.3, -0.25) is 4.79 Å². The predicted octanol–water partition coefficient (Wildman–Crippen LogP) is 4.73. The summed E-state index contributed by atoms with van der Waals surface area (Å²) in [6.07, 6.45) is -14.8. The van der Waals surface area contributed by atoms with Crippen LogP contribution in [-0.4, -0.2) is 45.4 Å². The number of halogens is 8. The predicted molar refractivity (Wildman–Crippen MR) is 108 cm³/mol. The van der Waals surface area contributed by atoms with Crippen molar-refractivity contribution in [2.24, 2.45) is 4.99 Å². The summed E-state index contributed by atoms with van der Waals surface area (Å²) in [5.74, 6) is -2.74. The molecule has 0 spiro atoms. The van der Waals surface area contributed by atoms with E-state index in [1.165, 1.54) is 5.32 Å². The summed E-state index contributed by atoms with van der Waals surface area (Å²) in [6.45, 7) is 1.03. The second kappa shape index (κ2) is 9.40. The minimum atomic E-state index is -4.99. The van der Waals surface area contributed by atoms with Gasteiger partial charge in [0.15, 0.2) is 6.10 Å². The van der Waals surface area contributed by atoms with Gasteiger partial charge in [0.05, 0.1) is 10.6 Å². The summed E-state index contributed by atoms with van der Waals surface area (Å²) < 4.78 is 97.6. The Morgan fingerprint density at radius 3 is 2.42 bits per heavy atom. The Balaban J connectivity index is 1.95. The van der Waals surface area contributed by atoms with Crippen LogP contribution < -0.4 is 10.6 Å². The first-order valence-electron chi connectivity index (χ1n) is 9.54. The van der Waals surface area contributed by atoms with Crippen molar-refractivity contribution in [1.82, 2.24) is 15.3 Å². The number of carbonyl (C=O) groups is 2. The molecule has 1 aliphatic heterocycles. The number of hydrogen-bond donors (Lipinski definition) is 3. The number of amides is 2. The maximum Gasteiger partial charge on any atom is 0.425 e. The second-order valence-corrected chi connectivity index (χ2v) is 7.91. The minimum absolute atomic E-state index is 0.357. The van der Waals surface area contributed by atoms with Crippen molar-refractivity contribution in [1.29, 1.82) is 0 Å². The Bertz CT molecular complexity index is 1240. The maximum atomic E-state index is 14.6. The Kier molecular flexibility index (Phi) is 7.03. The van der Waals surface area contributed by atoms with Crippen LogP contribution in [0.5, 0.6) is 0 Å². The molecule has 0 unspecified atom stereocenters. The molecular weight excluding hydrogens is 531 g/mol. The largest absolute Gasteiger partial charge is 0.465 e. The smallest absolute Gasteiger partial charge is 0.425 e. The lowest BCUT2D eigenvalue weighted by Gasteiger charge is -2.35. The number of rotatable bonds is 3. The number of aliphatic imine (C=N–C) groups is 1. The highest BCUT2D eigenvalue weighted by molar-refractivity contribution is 6.34. The Labute approximate surface area is 201 Å². The van der Waals surface area contributed by atoms with Crippen molar-refractivity contribution in [3.05, 3.63) is 52.2 Å². The zero-order valence-electron chi connectivity index (χ0n) is 17.6. The molecule has 0 bridgehead atoms. The van der Waals surface area contributed by atoms with Gasteiger partial charge < -0.3 is 15.2 Å². The van der Waals surface area contributed by atoms with Crippen LogP contribution in [0.1, 0.15) is 35.1 Å². The molecular formula is C19H13ClF7N5O4. The van der Waals surface area contributed by atoms with Gasteiger partial charge in [-0.1, -0.05) is 11.6 Å². The van der Waals surface area contributed by atoms with Crippen molar-refractivity contribution in [2.75, 3.05) is 5.32 Å². The van der Waals surface area contributed by atoms with Crippen molar-refractivity contribution in [3.8, 4) is 0 Å². The number of pyridine rings is 2. The number of nitrogens with one attached hydrogen (secondary N) is 2. The lowest BCUT2D eigenvalue weighted by Crippen LogP contribution is -2.48. The van der Waals surface area contributed by atoms with Gasteiger partial charge in [-0.05, 0) is 25.1 Å². The number of hydrogen-bond acceptors (Lipinski definition) is 6. The van der Waals surface area contributed by atoms with Gasteiger partial charge in [0.2, 0.25) is 0 Å². The average Bonchev–Trinajstić information content (AvgIpc) is 2.72. The van der Waals surface area contributed by atoms with Crippen molar-refractivity contribution in [2.45, 2.75) is 37.3 Å². The number of anilines is 1. The molecule has 1 aliphatic rings. The molecule has 0 radical (unpaired) electrons. The van der Waals surface area contributed by atoms with E-state index in [2.05, 4.69) is 25.0 Å². The molecule has 36 heavy (non-hydrogen) atoms. The molecule has 2 amide bonds. The molecule has 9 nitrogen and oxygen atoms in total. The van der Waals surface area contributed by atoms with Crippen LogP contribution in [0, 0.1) is 5.82 Å². The number of alkyl halides is 6. The molecule has 3 N–H and O–H groups in total. The zero-order chi connectivity index (χ0) is 27.1.